The van der Waals surface area contributed by atoms with Crippen LogP contribution in [0.15, 0.2) is 42.5 Å². The average molecular weight is 282 g/mol. The number of fused-ring (bicyclic) bond motifs is 1. The van der Waals surface area contributed by atoms with Gasteiger partial charge >= 0.3 is 0 Å². The highest BCUT2D eigenvalue weighted by atomic mass is 16.5. The third-order valence-electron chi connectivity index (χ3n) is 3.98. The van der Waals surface area contributed by atoms with Crippen molar-refractivity contribution in [2.45, 2.75) is 19.4 Å². The van der Waals surface area contributed by atoms with Gasteiger partial charge in [-0.15, -0.1) is 0 Å². The number of hydrogen-bond acceptors (Lipinski definition) is 3. The summed E-state index contributed by atoms with van der Waals surface area (Å²) < 4.78 is 5.56. The van der Waals surface area contributed by atoms with Gasteiger partial charge in [0, 0.05) is 37.9 Å². The molecule has 0 radical (unpaired) electrons. The molecule has 21 heavy (non-hydrogen) atoms. The number of hydrogen-bond donors (Lipinski definition) is 1. The molecule has 0 fully saturated rings. The van der Waals surface area contributed by atoms with Gasteiger partial charge in [-0.2, -0.15) is 0 Å². The van der Waals surface area contributed by atoms with Crippen LogP contribution >= 0.6 is 0 Å². The lowest BCUT2D eigenvalue weighted by Crippen LogP contribution is -2.09. The molecule has 0 saturated carbocycles. The van der Waals surface area contributed by atoms with Gasteiger partial charge < -0.3 is 15.0 Å². The van der Waals surface area contributed by atoms with Crippen molar-refractivity contribution in [3.05, 3.63) is 53.6 Å². The summed E-state index contributed by atoms with van der Waals surface area (Å²) >= 11 is 0. The van der Waals surface area contributed by atoms with Gasteiger partial charge in [-0.05, 0) is 54.4 Å². The third-order valence-corrected chi connectivity index (χ3v) is 3.98. The Morgan fingerprint density at radius 2 is 1.86 bits per heavy atom. The molecule has 110 valence electrons. The summed E-state index contributed by atoms with van der Waals surface area (Å²) in [5.74, 6) is 1.04. The predicted molar refractivity (Wildman–Crippen MR) is 88.4 cm³/mol. The Labute approximate surface area is 126 Å². The van der Waals surface area contributed by atoms with E-state index in [4.69, 9.17) is 4.74 Å². The topological polar surface area (TPSA) is 24.5 Å². The van der Waals surface area contributed by atoms with E-state index < -0.39 is 0 Å². The summed E-state index contributed by atoms with van der Waals surface area (Å²) in [4.78, 5) is 2.10. The van der Waals surface area contributed by atoms with E-state index in [1.54, 1.807) is 0 Å². The largest absolute Gasteiger partial charge is 0.493 e. The lowest BCUT2D eigenvalue weighted by Gasteiger charge is -2.18. The van der Waals surface area contributed by atoms with Crippen LogP contribution in [0.1, 0.15) is 24.1 Å². The Hall–Kier alpha value is -2.16. The van der Waals surface area contributed by atoms with E-state index in [1.165, 1.54) is 16.8 Å². The van der Waals surface area contributed by atoms with E-state index in [2.05, 4.69) is 73.7 Å². The minimum absolute atomic E-state index is 0.279. The highest BCUT2D eigenvalue weighted by Crippen LogP contribution is 2.29. The minimum Gasteiger partial charge on any atom is -0.493 e. The molecule has 3 nitrogen and oxygen atoms in total. The fourth-order valence-corrected chi connectivity index (χ4v) is 2.66. The zero-order valence-corrected chi connectivity index (χ0v) is 12.9. The normalized spacial score (nSPS) is 14.2. The van der Waals surface area contributed by atoms with Gasteiger partial charge in [0.15, 0.2) is 0 Å². The fraction of sp³-hybridized carbons (Fsp3) is 0.333. The van der Waals surface area contributed by atoms with Gasteiger partial charge in [-0.1, -0.05) is 6.07 Å². The Balaban J connectivity index is 1.72. The maximum atomic E-state index is 5.56. The molecule has 0 aliphatic carbocycles. The molecule has 1 atom stereocenters. The molecular formula is C18H22N2O. The summed E-state index contributed by atoms with van der Waals surface area (Å²) in [6.07, 6.45) is 1.02. The van der Waals surface area contributed by atoms with Gasteiger partial charge in [0.05, 0.1) is 6.61 Å². The standard InChI is InChI=1S/C18H22N2O/c1-13(14-4-9-18-15(12-14)10-11-21-18)19-16-5-7-17(8-6-16)20(2)3/h4-9,12-13,19H,10-11H2,1-3H3. The molecule has 1 aliphatic heterocycles. The Morgan fingerprint density at radius 1 is 1.10 bits per heavy atom. The van der Waals surface area contributed by atoms with Gasteiger partial charge in [-0.3, -0.25) is 0 Å². The van der Waals surface area contributed by atoms with Crippen molar-refractivity contribution < 1.29 is 4.74 Å². The van der Waals surface area contributed by atoms with Gasteiger partial charge in [0.1, 0.15) is 5.75 Å². The molecule has 2 aromatic rings. The minimum atomic E-state index is 0.279. The maximum absolute atomic E-state index is 5.56. The van der Waals surface area contributed by atoms with Crippen LogP contribution in [0.5, 0.6) is 5.75 Å². The first-order valence-electron chi connectivity index (χ1n) is 7.43. The lowest BCUT2D eigenvalue weighted by atomic mass is 10.0. The first kappa shape index (κ1) is 13.8. The van der Waals surface area contributed by atoms with Crippen molar-refractivity contribution in [2.75, 3.05) is 30.9 Å². The highest BCUT2D eigenvalue weighted by molar-refractivity contribution is 5.55. The van der Waals surface area contributed by atoms with Crippen LogP contribution in [0.3, 0.4) is 0 Å². The molecule has 3 heteroatoms. The number of ether oxygens (including phenoxy) is 1. The monoisotopic (exact) mass is 282 g/mol. The van der Waals surface area contributed by atoms with Crippen molar-refractivity contribution in [1.82, 2.24) is 0 Å². The SMILES string of the molecule is CC(Nc1ccc(N(C)C)cc1)c1ccc2c(c1)CCO2. The molecule has 1 unspecified atom stereocenters. The third kappa shape index (κ3) is 2.97. The fourth-order valence-electron chi connectivity index (χ4n) is 2.66. The molecule has 3 rings (SSSR count). The molecule has 1 aliphatic rings. The predicted octanol–water partition coefficient (Wildman–Crippen LogP) is 3.86. The second-order valence-electron chi connectivity index (χ2n) is 5.77. The number of rotatable bonds is 4. The first-order valence-corrected chi connectivity index (χ1v) is 7.43. The van der Waals surface area contributed by atoms with Crippen LogP contribution in [0.2, 0.25) is 0 Å². The van der Waals surface area contributed by atoms with Crippen LogP contribution < -0.4 is 15.0 Å². The quantitative estimate of drug-likeness (QED) is 0.921. The van der Waals surface area contributed by atoms with Gasteiger partial charge in [-0.25, -0.2) is 0 Å². The van der Waals surface area contributed by atoms with Crippen molar-refractivity contribution in [2.24, 2.45) is 0 Å². The molecule has 0 aromatic heterocycles. The Morgan fingerprint density at radius 3 is 2.57 bits per heavy atom. The molecule has 0 saturated heterocycles. The summed E-state index contributed by atoms with van der Waals surface area (Å²) in [5, 5.41) is 3.56. The smallest absolute Gasteiger partial charge is 0.122 e. The maximum Gasteiger partial charge on any atom is 0.122 e. The van der Waals surface area contributed by atoms with Crippen LogP contribution in [0.25, 0.3) is 0 Å². The Kier molecular flexibility index (Phi) is 3.74. The average Bonchev–Trinajstić information content (AvgIpc) is 2.95. The van der Waals surface area contributed by atoms with Crippen molar-refractivity contribution in [3.63, 3.8) is 0 Å². The van der Waals surface area contributed by atoms with Crippen LogP contribution in [0, 0.1) is 0 Å². The van der Waals surface area contributed by atoms with E-state index in [1.807, 2.05) is 0 Å². The van der Waals surface area contributed by atoms with Crippen molar-refractivity contribution in [3.8, 4) is 5.75 Å². The summed E-state index contributed by atoms with van der Waals surface area (Å²) in [5.41, 5.74) is 4.98. The number of nitrogens with one attached hydrogen (secondary N) is 1. The molecule has 2 aromatic carbocycles. The summed E-state index contributed by atoms with van der Waals surface area (Å²) in [7, 11) is 4.11. The van der Waals surface area contributed by atoms with Crippen LogP contribution in [-0.4, -0.2) is 20.7 Å². The van der Waals surface area contributed by atoms with E-state index in [9.17, 15) is 0 Å². The van der Waals surface area contributed by atoms with Gasteiger partial charge in [0.25, 0.3) is 0 Å². The molecule has 1 heterocycles. The zero-order valence-electron chi connectivity index (χ0n) is 12.9. The zero-order chi connectivity index (χ0) is 14.8. The van der Waals surface area contributed by atoms with E-state index in [0.717, 1.165) is 24.5 Å². The number of benzene rings is 2. The molecule has 0 bridgehead atoms. The molecule has 1 N–H and O–H groups in total. The highest BCUT2D eigenvalue weighted by Gasteiger charge is 2.14. The molecule has 0 amide bonds. The van der Waals surface area contributed by atoms with E-state index >= 15 is 0 Å². The number of nitrogens with zero attached hydrogens (tertiary/aromatic N) is 1. The lowest BCUT2D eigenvalue weighted by molar-refractivity contribution is 0.357. The van der Waals surface area contributed by atoms with Crippen molar-refractivity contribution >= 4 is 11.4 Å². The second-order valence-corrected chi connectivity index (χ2v) is 5.77. The van der Waals surface area contributed by atoms with Crippen LogP contribution in [0.4, 0.5) is 11.4 Å². The molecule has 0 spiro atoms. The molecular weight excluding hydrogens is 260 g/mol. The van der Waals surface area contributed by atoms with E-state index in [0.29, 0.717) is 0 Å². The second kappa shape index (κ2) is 5.68. The van der Waals surface area contributed by atoms with Crippen molar-refractivity contribution in [1.29, 1.82) is 0 Å². The Bertz CT molecular complexity index is 620. The van der Waals surface area contributed by atoms with Gasteiger partial charge in [0.2, 0.25) is 0 Å². The summed E-state index contributed by atoms with van der Waals surface area (Å²) in [6, 6.07) is 15.3. The van der Waals surface area contributed by atoms with E-state index in [-0.39, 0.29) is 6.04 Å². The van der Waals surface area contributed by atoms with Crippen LogP contribution in [-0.2, 0) is 6.42 Å². The number of anilines is 2. The summed E-state index contributed by atoms with van der Waals surface area (Å²) in [6.45, 7) is 3.00. The first-order chi connectivity index (χ1) is 10.1.